The van der Waals surface area contributed by atoms with Crippen molar-refractivity contribution in [3.05, 3.63) is 29.5 Å². The third-order valence-electron chi connectivity index (χ3n) is 6.00. The van der Waals surface area contributed by atoms with Gasteiger partial charge in [0, 0.05) is 74.9 Å². The molecule has 1 aliphatic carbocycles. The zero-order valence-electron chi connectivity index (χ0n) is 16.4. The molecular formula is C21H30N4O2. The molecule has 0 radical (unpaired) electrons. The number of carbonyl (C=O) groups is 1. The number of benzene rings is 1. The monoisotopic (exact) mass is 370 g/mol. The van der Waals surface area contributed by atoms with E-state index in [0.717, 1.165) is 57.8 Å². The minimum Gasteiger partial charge on any atom is -0.393 e. The van der Waals surface area contributed by atoms with Crippen molar-refractivity contribution in [3.63, 3.8) is 0 Å². The fourth-order valence-corrected chi connectivity index (χ4v) is 4.48. The molecule has 2 aliphatic rings. The molecule has 6 nitrogen and oxygen atoms in total. The number of nitrogens with zero attached hydrogens (tertiary/aromatic N) is 3. The Hall–Kier alpha value is -1.89. The van der Waals surface area contributed by atoms with Crippen molar-refractivity contribution < 1.29 is 9.90 Å². The van der Waals surface area contributed by atoms with E-state index in [2.05, 4.69) is 38.9 Å². The number of nitrogens with one attached hydrogen (secondary N) is 1. The van der Waals surface area contributed by atoms with Gasteiger partial charge < -0.3 is 19.9 Å². The van der Waals surface area contributed by atoms with Crippen LogP contribution in [0.2, 0.25) is 0 Å². The molecule has 1 amide bonds. The zero-order chi connectivity index (χ0) is 19.0. The minimum atomic E-state index is -0.265. The van der Waals surface area contributed by atoms with Crippen LogP contribution < -0.4 is 5.32 Å². The molecular weight excluding hydrogens is 340 g/mol. The smallest absolute Gasteiger partial charge is 0.221 e. The number of rotatable bonds is 4. The fraction of sp³-hybridized carbons (Fsp3) is 0.571. The van der Waals surface area contributed by atoms with Crippen molar-refractivity contribution in [1.29, 1.82) is 0 Å². The van der Waals surface area contributed by atoms with Crippen LogP contribution in [0.4, 0.5) is 5.69 Å². The summed E-state index contributed by atoms with van der Waals surface area (Å²) in [5, 5.41) is 14.3. The number of aromatic nitrogens is 1. The Morgan fingerprint density at radius 3 is 2.74 bits per heavy atom. The summed E-state index contributed by atoms with van der Waals surface area (Å²) in [6.07, 6.45) is 2.19. The lowest BCUT2D eigenvalue weighted by Crippen LogP contribution is -2.45. The Morgan fingerprint density at radius 2 is 2.00 bits per heavy atom. The maximum Gasteiger partial charge on any atom is 0.221 e. The Balaban J connectivity index is 1.64. The van der Waals surface area contributed by atoms with E-state index in [-0.39, 0.29) is 12.0 Å². The number of amides is 1. The van der Waals surface area contributed by atoms with Crippen molar-refractivity contribution >= 4 is 22.5 Å². The second-order valence-electron chi connectivity index (χ2n) is 8.03. The van der Waals surface area contributed by atoms with Crippen molar-refractivity contribution in [2.45, 2.75) is 38.8 Å². The molecule has 2 N–H and O–H groups in total. The lowest BCUT2D eigenvalue weighted by atomic mass is 9.93. The average Bonchev–Trinajstić information content (AvgIpc) is 2.93. The minimum absolute atomic E-state index is 0.0576. The van der Waals surface area contributed by atoms with Gasteiger partial charge in [-0.15, -0.1) is 0 Å². The Labute approximate surface area is 160 Å². The van der Waals surface area contributed by atoms with Crippen molar-refractivity contribution in [3.8, 4) is 0 Å². The topological polar surface area (TPSA) is 60.7 Å². The standard InChI is InChI=1S/C21H30N4O2/c1-15(26)22-16-3-5-20-18(13-16)19-14-17(27)4-6-21(19)25(20)12-11-24-9-7-23(2)8-10-24/h3,5,13,17,27H,4,6-12,14H2,1-2H3,(H,22,26). The Morgan fingerprint density at radius 1 is 1.22 bits per heavy atom. The number of piperazine rings is 1. The largest absolute Gasteiger partial charge is 0.393 e. The van der Waals surface area contributed by atoms with Gasteiger partial charge in [-0.05, 0) is 43.7 Å². The quantitative estimate of drug-likeness (QED) is 0.860. The normalized spacial score (nSPS) is 21.4. The van der Waals surface area contributed by atoms with Gasteiger partial charge in [0.25, 0.3) is 0 Å². The zero-order valence-corrected chi connectivity index (χ0v) is 16.4. The number of hydrogen-bond donors (Lipinski definition) is 2. The summed E-state index contributed by atoms with van der Waals surface area (Å²) in [5.41, 5.74) is 4.67. The van der Waals surface area contributed by atoms with Crippen LogP contribution in [0.1, 0.15) is 24.6 Å². The average molecular weight is 370 g/mol. The number of hydrogen-bond acceptors (Lipinski definition) is 4. The van der Waals surface area contributed by atoms with Crippen LogP contribution in [0.3, 0.4) is 0 Å². The summed E-state index contributed by atoms with van der Waals surface area (Å²) < 4.78 is 2.45. The molecule has 2 aromatic rings. The van der Waals surface area contributed by atoms with Gasteiger partial charge in [-0.1, -0.05) is 0 Å². The lowest BCUT2D eigenvalue weighted by molar-refractivity contribution is -0.114. The molecule has 1 fully saturated rings. The number of fused-ring (bicyclic) bond motifs is 3. The van der Waals surface area contributed by atoms with Crippen LogP contribution in [-0.2, 0) is 24.2 Å². The summed E-state index contributed by atoms with van der Waals surface area (Å²) in [6, 6.07) is 6.17. The molecule has 1 unspecified atom stereocenters. The molecule has 1 atom stereocenters. The number of likely N-dealkylation sites (N-methyl/N-ethyl adjacent to an activating group) is 1. The summed E-state index contributed by atoms with van der Waals surface area (Å²) in [4.78, 5) is 16.4. The number of carbonyl (C=O) groups excluding carboxylic acids is 1. The van der Waals surface area contributed by atoms with Gasteiger partial charge in [0.05, 0.1) is 6.10 Å². The maximum absolute atomic E-state index is 11.4. The van der Waals surface area contributed by atoms with Crippen LogP contribution in [0.25, 0.3) is 10.9 Å². The SMILES string of the molecule is CC(=O)Nc1ccc2c(c1)c1c(n2CCN2CCN(C)CC2)CCC(O)C1. The second-order valence-corrected chi connectivity index (χ2v) is 8.03. The van der Waals surface area contributed by atoms with E-state index < -0.39 is 0 Å². The summed E-state index contributed by atoms with van der Waals surface area (Å²) in [6.45, 7) is 8.09. The lowest BCUT2D eigenvalue weighted by Gasteiger charge is -2.32. The third-order valence-corrected chi connectivity index (χ3v) is 6.00. The van der Waals surface area contributed by atoms with Crippen LogP contribution in [-0.4, -0.2) is 71.3 Å². The first-order chi connectivity index (χ1) is 13.0. The molecule has 146 valence electrons. The molecule has 27 heavy (non-hydrogen) atoms. The highest BCUT2D eigenvalue weighted by Gasteiger charge is 2.25. The van der Waals surface area contributed by atoms with Gasteiger partial charge in [-0.3, -0.25) is 9.69 Å². The van der Waals surface area contributed by atoms with E-state index in [9.17, 15) is 9.90 Å². The van der Waals surface area contributed by atoms with Crippen LogP contribution in [0.5, 0.6) is 0 Å². The van der Waals surface area contributed by atoms with Crippen LogP contribution in [0, 0.1) is 0 Å². The van der Waals surface area contributed by atoms with Gasteiger partial charge in [0.15, 0.2) is 0 Å². The maximum atomic E-state index is 11.4. The highest BCUT2D eigenvalue weighted by molar-refractivity contribution is 5.94. The predicted molar refractivity (Wildman–Crippen MR) is 108 cm³/mol. The molecule has 1 aromatic heterocycles. The molecule has 2 heterocycles. The Kier molecular flexibility index (Phi) is 5.21. The fourth-order valence-electron chi connectivity index (χ4n) is 4.48. The van der Waals surface area contributed by atoms with Gasteiger partial charge >= 0.3 is 0 Å². The predicted octanol–water partition coefficient (Wildman–Crippen LogP) is 1.70. The van der Waals surface area contributed by atoms with Crippen LogP contribution in [0.15, 0.2) is 18.2 Å². The first-order valence-electron chi connectivity index (χ1n) is 10.0. The van der Waals surface area contributed by atoms with Gasteiger partial charge in [-0.25, -0.2) is 0 Å². The third kappa shape index (κ3) is 3.88. The molecule has 6 heteroatoms. The van der Waals surface area contributed by atoms with E-state index >= 15 is 0 Å². The molecule has 0 bridgehead atoms. The second kappa shape index (κ2) is 7.62. The van der Waals surface area contributed by atoms with E-state index in [1.807, 2.05) is 6.07 Å². The first kappa shape index (κ1) is 18.5. The van der Waals surface area contributed by atoms with Crippen molar-refractivity contribution in [2.24, 2.45) is 0 Å². The summed E-state index contributed by atoms with van der Waals surface area (Å²) >= 11 is 0. The van der Waals surface area contributed by atoms with Gasteiger partial charge in [0.2, 0.25) is 5.91 Å². The molecule has 1 aromatic carbocycles. The van der Waals surface area contributed by atoms with E-state index in [1.165, 1.54) is 29.1 Å². The highest BCUT2D eigenvalue weighted by atomic mass is 16.3. The number of aliphatic hydroxyl groups is 1. The number of aliphatic hydroxyl groups excluding tert-OH is 1. The molecule has 1 aliphatic heterocycles. The van der Waals surface area contributed by atoms with E-state index in [0.29, 0.717) is 6.42 Å². The molecule has 1 saturated heterocycles. The summed E-state index contributed by atoms with van der Waals surface area (Å²) in [7, 11) is 2.19. The Bertz CT molecular complexity index is 836. The van der Waals surface area contributed by atoms with Crippen molar-refractivity contribution in [2.75, 3.05) is 45.1 Å². The van der Waals surface area contributed by atoms with Gasteiger partial charge in [-0.2, -0.15) is 0 Å². The molecule has 0 saturated carbocycles. The summed E-state index contributed by atoms with van der Waals surface area (Å²) in [5.74, 6) is -0.0576. The van der Waals surface area contributed by atoms with E-state index in [4.69, 9.17) is 0 Å². The van der Waals surface area contributed by atoms with E-state index in [1.54, 1.807) is 0 Å². The van der Waals surface area contributed by atoms with Gasteiger partial charge in [0.1, 0.15) is 0 Å². The first-order valence-corrected chi connectivity index (χ1v) is 10.0. The van der Waals surface area contributed by atoms with Crippen LogP contribution >= 0.6 is 0 Å². The highest BCUT2D eigenvalue weighted by Crippen LogP contribution is 2.34. The molecule has 4 rings (SSSR count). The van der Waals surface area contributed by atoms with Crippen molar-refractivity contribution in [1.82, 2.24) is 14.4 Å². The molecule has 0 spiro atoms. The number of anilines is 1.